The molecule has 0 unspecified atom stereocenters. The Morgan fingerprint density at radius 2 is 1.35 bits per heavy atom. The molecule has 1 heterocycles. The number of hydrogen-bond acceptors (Lipinski definition) is 9. The first-order valence-electron chi connectivity index (χ1n) is 12.9. The molecule has 214 valence electrons. The molecule has 0 bridgehead atoms. The molecule has 3 aromatic carbocycles. The predicted molar refractivity (Wildman–Crippen MR) is 146 cm³/mol. The number of carbonyl (C=O) groups is 1. The normalized spacial score (nSPS) is 23.0. The first kappa shape index (κ1) is 29.9. The molecule has 3 aromatic rings. The van der Waals surface area contributed by atoms with Crippen molar-refractivity contribution in [2.45, 2.75) is 62.7 Å². The molecule has 0 saturated carbocycles. The van der Waals surface area contributed by atoms with Gasteiger partial charge in [-0.1, -0.05) is 78.4 Å². The highest BCUT2D eigenvalue weighted by Gasteiger charge is 2.51. The maximum atomic E-state index is 13.5. The van der Waals surface area contributed by atoms with E-state index in [0.717, 1.165) is 16.7 Å². The molecule has 1 aliphatic rings. The zero-order valence-electron chi connectivity index (χ0n) is 22.7. The molecule has 5 atom stereocenters. The molecule has 0 spiro atoms. The smallest absolute Gasteiger partial charge is 0.302 e. The van der Waals surface area contributed by atoms with Gasteiger partial charge in [0, 0.05) is 14.0 Å². The number of hydrogen-bond donors (Lipinski definition) is 0. The maximum absolute atomic E-state index is 13.5. The monoisotopic (exact) mass is 570 g/mol. The highest BCUT2D eigenvalue weighted by Crippen LogP contribution is 2.32. The van der Waals surface area contributed by atoms with Crippen molar-refractivity contribution in [1.29, 1.82) is 0 Å². The fourth-order valence-electron chi connectivity index (χ4n) is 4.33. The molecule has 1 fully saturated rings. The minimum atomic E-state index is -4.27. The molecule has 4 rings (SSSR count). The van der Waals surface area contributed by atoms with Crippen LogP contribution in [0.1, 0.15) is 23.6 Å². The van der Waals surface area contributed by atoms with Gasteiger partial charge in [0.25, 0.3) is 10.1 Å². The molecule has 0 N–H and O–H groups in total. The second kappa shape index (κ2) is 14.0. The van der Waals surface area contributed by atoms with Crippen molar-refractivity contribution >= 4 is 16.1 Å². The first-order valence-corrected chi connectivity index (χ1v) is 14.3. The third kappa shape index (κ3) is 7.97. The Morgan fingerprint density at radius 1 is 0.800 bits per heavy atom. The van der Waals surface area contributed by atoms with Crippen LogP contribution >= 0.6 is 0 Å². The van der Waals surface area contributed by atoms with Crippen molar-refractivity contribution in [3.05, 3.63) is 102 Å². The van der Waals surface area contributed by atoms with Crippen molar-refractivity contribution < 1.29 is 41.1 Å². The van der Waals surface area contributed by atoms with E-state index in [0.29, 0.717) is 0 Å². The molecule has 0 aromatic heterocycles. The summed E-state index contributed by atoms with van der Waals surface area (Å²) >= 11 is 0. The average Bonchev–Trinajstić information content (AvgIpc) is 2.95. The molecule has 10 heteroatoms. The Kier molecular flexibility index (Phi) is 10.4. The average molecular weight is 571 g/mol. The Bertz CT molecular complexity index is 1310. The molecule has 0 amide bonds. The third-order valence-corrected chi connectivity index (χ3v) is 7.72. The molecule has 40 heavy (non-hydrogen) atoms. The predicted octanol–water partition coefficient (Wildman–Crippen LogP) is 4.17. The fraction of sp³-hybridized carbons (Fsp3) is 0.367. The number of methoxy groups -OCH3 is 1. The fourth-order valence-corrected chi connectivity index (χ4v) is 5.42. The van der Waals surface area contributed by atoms with Gasteiger partial charge in [0.2, 0.25) is 0 Å². The summed E-state index contributed by atoms with van der Waals surface area (Å²) < 4.78 is 62.4. The van der Waals surface area contributed by atoms with E-state index < -0.39 is 46.8 Å². The quantitative estimate of drug-likeness (QED) is 0.234. The SMILES string of the molecule is CO[C@H]1O[C@H](COC(C)=O)[C@@H](OCc2ccccc2)[C@H](OS(=O)(=O)c2ccc(C)cc2)[C@@H]1OCc1ccccc1. The van der Waals surface area contributed by atoms with Crippen LogP contribution in [0.2, 0.25) is 0 Å². The van der Waals surface area contributed by atoms with Gasteiger partial charge in [-0.05, 0) is 30.2 Å². The summed E-state index contributed by atoms with van der Waals surface area (Å²) in [5, 5.41) is 0. The lowest BCUT2D eigenvalue weighted by Crippen LogP contribution is -2.62. The van der Waals surface area contributed by atoms with Crippen LogP contribution in [0.5, 0.6) is 0 Å². The number of esters is 1. The molecule has 1 saturated heterocycles. The van der Waals surface area contributed by atoms with Crippen LogP contribution in [0, 0.1) is 6.92 Å². The Balaban J connectivity index is 1.70. The van der Waals surface area contributed by atoms with Gasteiger partial charge in [-0.15, -0.1) is 0 Å². The van der Waals surface area contributed by atoms with Crippen molar-refractivity contribution in [3.63, 3.8) is 0 Å². The van der Waals surface area contributed by atoms with Gasteiger partial charge in [-0.2, -0.15) is 8.42 Å². The van der Waals surface area contributed by atoms with E-state index in [1.54, 1.807) is 12.1 Å². The van der Waals surface area contributed by atoms with E-state index in [1.165, 1.54) is 26.2 Å². The molecular weight excluding hydrogens is 536 g/mol. The van der Waals surface area contributed by atoms with Gasteiger partial charge in [0.15, 0.2) is 6.29 Å². The van der Waals surface area contributed by atoms with Crippen molar-refractivity contribution in [2.75, 3.05) is 13.7 Å². The summed E-state index contributed by atoms with van der Waals surface area (Å²) in [5.74, 6) is -0.522. The van der Waals surface area contributed by atoms with Gasteiger partial charge < -0.3 is 23.7 Å². The number of aryl methyl sites for hydroxylation is 1. The number of benzene rings is 3. The minimum absolute atomic E-state index is 0.0151. The third-order valence-electron chi connectivity index (χ3n) is 6.39. The second-order valence-electron chi connectivity index (χ2n) is 9.43. The lowest BCUT2D eigenvalue weighted by molar-refractivity contribution is -0.309. The van der Waals surface area contributed by atoms with E-state index in [1.807, 2.05) is 67.6 Å². The van der Waals surface area contributed by atoms with Gasteiger partial charge >= 0.3 is 5.97 Å². The summed E-state index contributed by atoms with van der Waals surface area (Å²) in [5.41, 5.74) is 2.62. The van der Waals surface area contributed by atoms with E-state index in [4.69, 9.17) is 27.9 Å². The van der Waals surface area contributed by atoms with Crippen LogP contribution in [0.25, 0.3) is 0 Å². The Labute approximate surface area is 235 Å². The standard InChI is InChI=1S/C30H34O9S/c1-21-14-16-25(17-15-21)40(32,33)39-28-27(36-18-23-10-6-4-7-11-23)26(20-35-22(2)31)38-30(34-3)29(28)37-19-24-12-8-5-9-13-24/h4-17,26-30H,18-20H2,1-3H3/t26-,27-,28+,29+,30+/m1/s1. The lowest BCUT2D eigenvalue weighted by atomic mass is 9.98. The highest BCUT2D eigenvalue weighted by atomic mass is 32.2. The van der Waals surface area contributed by atoms with Crippen molar-refractivity contribution in [2.24, 2.45) is 0 Å². The number of ether oxygens (including phenoxy) is 5. The largest absolute Gasteiger partial charge is 0.463 e. The minimum Gasteiger partial charge on any atom is -0.463 e. The van der Waals surface area contributed by atoms with Crippen molar-refractivity contribution in [1.82, 2.24) is 0 Å². The molecule has 0 aliphatic carbocycles. The van der Waals surface area contributed by atoms with Crippen LogP contribution < -0.4 is 0 Å². The summed E-state index contributed by atoms with van der Waals surface area (Å²) in [6, 6.07) is 25.1. The zero-order chi connectivity index (χ0) is 28.5. The van der Waals surface area contributed by atoms with Crippen LogP contribution in [-0.4, -0.2) is 58.8 Å². The molecule has 1 aliphatic heterocycles. The summed E-state index contributed by atoms with van der Waals surface area (Å²) in [4.78, 5) is 11.7. The zero-order valence-corrected chi connectivity index (χ0v) is 23.5. The van der Waals surface area contributed by atoms with Gasteiger partial charge in [-0.25, -0.2) is 0 Å². The highest BCUT2D eigenvalue weighted by molar-refractivity contribution is 7.86. The lowest BCUT2D eigenvalue weighted by Gasteiger charge is -2.44. The van der Waals surface area contributed by atoms with Gasteiger partial charge in [-0.3, -0.25) is 8.98 Å². The summed E-state index contributed by atoms with van der Waals surface area (Å²) in [7, 11) is -2.85. The molecular formula is C30H34O9S. The van der Waals surface area contributed by atoms with E-state index in [9.17, 15) is 13.2 Å². The van der Waals surface area contributed by atoms with Crippen LogP contribution in [0.4, 0.5) is 0 Å². The Morgan fingerprint density at radius 3 is 1.88 bits per heavy atom. The van der Waals surface area contributed by atoms with E-state index >= 15 is 0 Å². The second-order valence-corrected chi connectivity index (χ2v) is 11.0. The summed E-state index contributed by atoms with van der Waals surface area (Å²) in [6.45, 7) is 3.19. The Hall–Kier alpha value is -3.12. The van der Waals surface area contributed by atoms with Gasteiger partial charge in [0.05, 0.1) is 18.1 Å². The number of rotatable bonds is 12. The van der Waals surface area contributed by atoms with Crippen molar-refractivity contribution in [3.8, 4) is 0 Å². The van der Waals surface area contributed by atoms with Crippen LogP contribution in [0.15, 0.2) is 89.8 Å². The maximum Gasteiger partial charge on any atom is 0.302 e. The molecule has 9 nitrogen and oxygen atoms in total. The van der Waals surface area contributed by atoms with Gasteiger partial charge in [0.1, 0.15) is 31.0 Å². The molecule has 0 radical (unpaired) electrons. The van der Waals surface area contributed by atoms with E-state index in [2.05, 4.69) is 0 Å². The topological polar surface area (TPSA) is 107 Å². The van der Waals surface area contributed by atoms with E-state index in [-0.39, 0.29) is 24.7 Å². The summed E-state index contributed by atoms with van der Waals surface area (Å²) in [6.07, 6.45) is -5.18. The van der Waals surface area contributed by atoms with Crippen LogP contribution in [-0.2, 0) is 56.0 Å². The van der Waals surface area contributed by atoms with Crippen LogP contribution in [0.3, 0.4) is 0 Å². The first-order chi connectivity index (χ1) is 19.3. The number of carbonyl (C=O) groups excluding carboxylic acids is 1.